The van der Waals surface area contributed by atoms with Crippen molar-refractivity contribution >= 4 is 11.1 Å². The molecule has 1 heterocycles. The molecule has 1 aromatic heterocycles. The molecule has 146 valence electrons. The lowest BCUT2D eigenvalue weighted by Crippen LogP contribution is -2.02. The molecule has 0 spiro atoms. The molecule has 4 heteroatoms. The number of nitrogens with two attached hydrogens (primary N) is 1. The van der Waals surface area contributed by atoms with Crippen LogP contribution in [0.2, 0.25) is 0 Å². The smallest absolute Gasteiger partial charge is 0.164 e. The fourth-order valence-corrected chi connectivity index (χ4v) is 3.14. The van der Waals surface area contributed by atoms with E-state index in [4.69, 9.17) is 20.7 Å². The Kier molecular flexibility index (Phi) is 5.76. The Morgan fingerprint density at radius 1 is 0.667 bits per heavy atom. The van der Waals surface area contributed by atoms with Crippen LogP contribution >= 0.6 is 0 Å². The van der Waals surface area contributed by atoms with Gasteiger partial charge in [-0.2, -0.15) is 0 Å². The Balaban J connectivity index is 1.82. The summed E-state index contributed by atoms with van der Waals surface area (Å²) >= 11 is 0. The van der Waals surface area contributed by atoms with Gasteiger partial charge >= 0.3 is 0 Å². The molecule has 0 radical (unpaired) electrons. The van der Waals surface area contributed by atoms with Gasteiger partial charge in [-0.1, -0.05) is 91.0 Å². The van der Waals surface area contributed by atoms with Crippen LogP contribution in [-0.2, 0) is 0 Å². The standard InChI is InChI=1S/C26H22N4/c1-19(17-23(18-27)20-11-5-2-6-12-20)24-28-25(21-13-7-3-8-14-21)30-26(29-24)22-15-9-4-10-16-22/h2-18H,27H2,1H3/b19-17+,23-18+. The molecule has 0 amide bonds. The molecule has 0 aliphatic carbocycles. The van der Waals surface area contributed by atoms with Crippen LogP contribution in [0.1, 0.15) is 18.3 Å². The van der Waals surface area contributed by atoms with E-state index in [9.17, 15) is 0 Å². The van der Waals surface area contributed by atoms with Crippen molar-refractivity contribution in [1.82, 2.24) is 15.0 Å². The van der Waals surface area contributed by atoms with Crippen molar-refractivity contribution < 1.29 is 0 Å². The van der Waals surface area contributed by atoms with Gasteiger partial charge in [0.1, 0.15) is 0 Å². The normalized spacial score (nSPS) is 12.0. The molecular weight excluding hydrogens is 368 g/mol. The van der Waals surface area contributed by atoms with E-state index in [2.05, 4.69) is 0 Å². The SMILES string of the molecule is C/C(=C\C(=C/N)c1ccccc1)c1nc(-c2ccccc2)nc(-c2ccccc2)n1. The summed E-state index contributed by atoms with van der Waals surface area (Å²) in [6, 6.07) is 29.9. The highest BCUT2D eigenvalue weighted by atomic mass is 15.0. The van der Waals surface area contributed by atoms with E-state index in [0.29, 0.717) is 17.5 Å². The van der Waals surface area contributed by atoms with Crippen LogP contribution in [0.4, 0.5) is 0 Å². The van der Waals surface area contributed by atoms with E-state index in [-0.39, 0.29) is 0 Å². The van der Waals surface area contributed by atoms with Gasteiger partial charge in [-0.25, -0.2) is 15.0 Å². The van der Waals surface area contributed by atoms with Crippen LogP contribution in [0, 0.1) is 0 Å². The minimum Gasteiger partial charge on any atom is -0.404 e. The number of hydrogen-bond donors (Lipinski definition) is 1. The summed E-state index contributed by atoms with van der Waals surface area (Å²) in [5.41, 5.74) is 10.7. The lowest BCUT2D eigenvalue weighted by atomic mass is 10.0. The summed E-state index contributed by atoms with van der Waals surface area (Å²) < 4.78 is 0. The van der Waals surface area contributed by atoms with E-state index < -0.39 is 0 Å². The molecule has 0 atom stereocenters. The van der Waals surface area contributed by atoms with Gasteiger partial charge in [0, 0.05) is 17.3 Å². The summed E-state index contributed by atoms with van der Waals surface area (Å²) in [5.74, 6) is 1.91. The van der Waals surface area contributed by atoms with Crippen LogP contribution in [-0.4, -0.2) is 15.0 Å². The zero-order valence-electron chi connectivity index (χ0n) is 16.7. The third kappa shape index (κ3) is 4.33. The van der Waals surface area contributed by atoms with E-state index in [0.717, 1.165) is 27.8 Å². The number of nitrogens with zero attached hydrogens (tertiary/aromatic N) is 3. The minimum atomic E-state index is 0.623. The Morgan fingerprint density at radius 3 is 1.60 bits per heavy atom. The van der Waals surface area contributed by atoms with Gasteiger partial charge in [-0.3, -0.25) is 0 Å². The van der Waals surface area contributed by atoms with Gasteiger partial charge in [-0.05, 0) is 29.7 Å². The largest absolute Gasteiger partial charge is 0.404 e. The minimum absolute atomic E-state index is 0.623. The summed E-state index contributed by atoms with van der Waals surface area (Å²) in [6.07, 6.45) is 3.62. The van der Waals surface area contributed by atoms with Crippen LogP contribution in [0.5, 0.6) is 0 Å². The first-order valence-electron chi connectivity index (χ1n) is 9.77. The van der Waals surface area contributed by atoms with Crippen LogP contribution < -0.4 is 5.73 Å². The lowest BCUT2D eigenvalue weighted by Gasteiger charge is -2.09. The molecule has 3 aromatic carbocycles. The highest BCUT2D eigenvalue weighted by molar-refractivity contribution is 5.82. The third-order valence-corrected chi connectivity index (χ3v) is 4.71. The summed E-state index contributed by atoms with van der Waals surface area (Å²) in [4.78, 5) is 14.2. The number of rotatable bonds is 5. The molecule has 4 nitrogen and oxygen atoms in total. The predicted octanol–water partition coefficient (Wildman–Crippen LogP) is 5.61. The first-order valence-corrected chi connectivity index (χ1v) is 9.77. The molecule has 4 rings (SSSR count). The van der Waals surface area contributed by atoms with Gasteiger partial charge in [-0.15, -0.1) is 0 Å². The first kappa shape index (κ1) is 19.3. The Hall–Kier alpha value is -4.05. The topological polar surface area (TPSA) is 64.7 Å². The lowest BCUT2D eigenvalue weighted by molar-refractivity contribution is 1.03. The maximum Gasteiger partial charge on any atom is 0.164 e. The maximum atomic E-state index is 5.91. The molecule has 0 unspecified atom stereocenters. The number of hydrogen-bond acceptors (Lipinski definition) is 4. The summed E-state index contributed by atoms with van der Waals surface area (Å²) in [7, 11) is 0. The number of benzene rings is 3. The van der Waals surface area contributed by atoms with E-state index in [1.54, 1.807) is 6.20 Å². The van der Waals surface area contributed by atoms with Crippen molar-refractivity contribution in [3.05, 3.63) is 115 Å². The second kappa shape index (κ2) is 8.97. The molecule has 0 fully saturated rings. The van der Waals surface area contributed by atoms with Gasteiger partial charge in [0.15, 0.2) is 17.5 Å². The van der Waals surface area contributed by atoms with E-state index in [1.165, 1.54) is 0 Å². The fraction of sp³-hybridized carbons (Fsp3) is 0.0385. The molecule has 2 N–H and O–H groups in total. The zero-order valence-corrected chi connectivity index (χ0v) is 16.7. The van der Waals surface area contributed by atoms with Crippen LogP contribution in [0.15, 0.2) is 103 Å². The highest BCUT2D eigenvalue weighted by Crippen LogP contribution is 2.24. The van der Waals surface area contributed by atoms with Crippen molar-refractivity contribution in [3.63, 3.8) is 0 Å². The molecule has 0 saturated carbocycles. The van der Waals surface area contributed by atoms with Gasteiger partial charge in [0.25, 0.3) is 0 Å². The van der Waals surface area contributed by atoms with Gasteiger partial charge < -0.3 is 5.73 Å². The monoisotopic (exact) mass is 390 g/mol. The van der Waals surface area contributed by atoms with Crippen LogP contribution in [0.25, 0.3) is 33.9 Å². The predicted molar refractivity (Wildman–Crippen MR) is 123 cm³/mol. The summed E-state index contributed by atoms with van der Waals surface area (Å²) in [5, 5.41) is 0. The van der Waals surface area contributed by atoms with Crippen molar-refractivity contribution in [2.45, 2.75) is 6.92 Å². The van der Waals surface area contributed by atoms with Crippen molar-refractivity contribution in [3.8, 4) is 22.8 Å². The quantitative estimate of drug-likeness (QED) is 0.450. The van der Waals surface area contributed by atoms with Crippen molar-refractivity contribution in [1.29, 1.82) is 0 Å². The van der Waals surface area contributed by atoms with Crippen molar-refractivity contribution in [2.24, 2.45) is 5.73 Å². The van der Waals surface area contributed by atoms with Gasteiger partial charge in [0.2, 0.25) is 0 Å². The first-order chi connectivity index (χ1) is 14.7. The zero-order chi connectivity index (χ0) is 20.8. The second-order valence-corrected chi connectivity index (χ2v) is 6.85. The van der Waals surface area contributed by atoms with Gasteiger partial charge in [0.05, 0.1) is 0 Å². The Morgan fingerprint density at radius 2 is 1.13 bits per heavy atom. The van der Waals surface area contributed by atoms with E-state index in [1.807, 2.05) is 104 Å². The highest BCUT2D eigenvalue weighted by Gasteiger charge is 2.12. The number of allylic oxidation sites excluding steroid dienone is 3. The molecular formula is C26H22N4. The molecule has 0 saturated heterocycles. The molecule has 0 aliphatic heterocycles. The fourth-order valence-electron chi connectivity index (χ4n) is 3.14. The maximum absolute atomic E-state index is 5.91. The molecule has 0 aliphatic rings. The Labute approximate surface area is 176 Å². The Bertz CT molecular complexity index is 1120. The second-order valence-electron chi connectivity index (χ2n) is 6.85. The molecule has 4 aromatic rings. The summed E-state index contributed by atoms with van der Waals surface area (Å²) in [6.45, 7) is 1.99. The van der Waals surface area contributed by atoms with E-state index >= 15 is 0 Å². The van der Waals surface area contributed by atoms with Crippen molar-refractivity contribution in [2.75, 3.05) is 0 Å². The molecule has 30 heavy (non-hydrogen) atoms. The third-order valence-electron chi connectivity index (χ3n) is 4.71. The average Bonchev–Trinajstić information content (AvgIpc) is 2.83. The number of aromatic nitrogens is 3. The molecule has 0 bridgehead atoms. The average molecular weight is 390 g/mol. The van der Waals surface area contributed by atoms with Crippen LogP contribution in [0.3, 0.4) is 0 Å².